The van der Waals surface area contributed by atoms with Gasteiger partial charge in [-0.25, -0.2) is 22.6 Å². The molecule has 0 aliphatic carbocycles. The zero-order valence-electron chi connectivity index (χ0n) is 14.6. The monoisotopic (exact) mass is 389 g/mol. The number of nitriles is 1. The Balaban J connectivity index is 1.63. The van der Waals surface area contributed by atoms with Gasteiger partial charge in [-0.05, 0) is 29.8 Å². The standard InChI is InChI=1S/C20H15N5O2S/c21-12-17-14-23-25-19(9-10-22-20(17)25)16-6-4-5-15(11-16)13-24-28(26,27)18-7-2-1-3-8-18/h1-11,14,24H,13H2. The van der Waals surface area contributed by atoms with Gasteiger partial charge in [0.2, 0.25) is 10.0 Å². The summed E-state index contributed by atoms with van der Waals surface area (Å²) in [7, 11) is -3.58. The van der Waals surface area contributed by atoms with E-state index in [4.69, 9.17) is 5.26 Å². The van der Waals surface area contributed by atoms with E-state index in [1.165, 1.54) is 6.20 Å². The molecule has 0 radical (unpaired) electrons. The molecule has 2 aromatic heterocycles. The molecule has 0 saturated carbocycles. The number of fused-ring (bicyclic) bond motifs is 1. The smallest absolute Gasteiger partial charge is 0.236 e. The van der Waals surface area contributed by atoms with Gasteiger partial charge in [-0.1, -0.05) is 36.4 Å². The highest BCUT2D eigenvalue weighted by molar-refractivity contribution is 7.89. The van der Waals surface area contributed by atoms with E-state index in [2.05, 4.69) is 20.9 Å². The van der Waals surface area contributed by atoms with Gasteiger partial charge in [-0.15, -0.1) is 0 Å². The number of hydrogen-bond donors (Lipinski definition) is 1. The molecule has 0 atom stereocenters. The van der Waals surface area contributed by atoms with Crippen molar-refractivity contribution in [2.75, 3.05) is 0 Å². The largest absolute Gasteiger partial charge is 0.240 e. The van der Waals surface area contributed by atoms with E-state index in [0.717, 1.165) is 16.8 Å². The van der Waals surface area contributed by atoms with Crippen LogP contribution in [-0.2, 0) is 16.6 Å². The van der Waals surface area contributed by atoms with Crippen molar-refractivity contribution in [1.29, 1.82) is 5.26 Å². The molecule has 7 nitrogen and oxygen atoms in total. The number of hydrogen-bond acceptors (Lipinski definition) is 5. The zero-order valence-corrected chi connectivity index (χ0v) is 15.5. The topological polar surface area (TPSA) is 100 Å². The number of sulfonamides is 1. The Kier molecular flexibility index (Phi) is 4.61. The van der Waals surface area contributed by atoms with Gasteiger partial charge in [0, 0.05) is 18.3 Å². The van der Waals surface area contributed by atoms with E-state index >= 15 is 0 Å². The van der Waals surface area contributed by atoms with Gasteiger partial charge in [0.05, 0.1) is 16.8 Å². The molecule has 0 spiro atoms. The lowest BCUT2D eigenvalue weighted by Gasteiger charge is -2.09. The van der Waals surface area contributed by atoms with E-state index in [-0.39, 0.29) is 11.4 Å². The van der Waals surface area contributed by atoms with E-state index in [9.17, 15) is 8.42 Å². The summed E-state index contributed by atoms with van der Waals surface area (Å²) in [5.41, 5.74) is 3.29. The van der Waals surface area contributed by atoms with Crippen molar-refractivity contribution in [3.8, 4) is 17.3 Å². The van der Waals surface area contributed by atoms with Crippen LogP contribution in [0, 0.1) is 11.3 Å². The maximum atomic E-state index is 12.4. The van der Waals surface area contributed by atoms with Gasteiger partial charge in [0.1, 0.15) is 11.6 Å². The fourth-order valence-corrected chi connectivity index (χ4v) is 3.93. The molecule has 0 unspecified atom stereocenters. The lowest BCUT2D eigenvalue weighted by atomic mass is 10.1. The second-order valence-electron chi connectivity index (χ2n) is 6.07. The summed E-state index contributed by atoms with van der Waals surface area (Å²) in [5.74, 6) is 0. The van der Waals surface area contributed by atoms with Crippen LogP contribution in [0.5, 0.6) is 0 Å². The molecule has 138 valence electrons. The third-order valence-corrected chi connectivity index (χ3v) is 5.68. The van der Waals surface area contributed by atoms with E-state index in [1.54, 1.807) is 47.1 Å². The maximum Gasteiger partial charge on any atom is 0.240 e. The second kappa shape index (κ2) is 7.23. The van der Waals surface area contributed by atoms with Gasteiger partial charge in [-0.2, -0.15) is 10.4 Å². The van der Waals surface area contributed by atoms with Crippen molar-refractivity contribution >= 4 is 15.7 Å². The molecule has 1 N–H and O–H groups in total. The molecule has 8 heteroatoms. The van der Waals surface area contributed by atoms with Crippen molar-refractivity contribution < 1.29 is 8.42 Å². The van der Waals surface area contributed by atoms with Crippen molar-refractivity contribution in [1.82, 2.24) is 19.3 Å². The average Bonchev–Trinajstić information content (AvgIpc) is 3.16. The van der Waals surface area contributed by atoms with Crippen molar-refractivity contribution in [2.45, 2.75) is 11.4 Å². The highest BCUT2D eigenvalue weighted by Gasteiger charge is 2.14. The Bertz CT molecular complexity index is 1290. The lowest BCUT2D eigenvalue weighted by molar-refractivity contribution is 0.581. The van der Waals surface area contributed by atoms with E-state index in [0.29, 0.717) is 11.2 Å². The second-order valence-corrected chi connectivity index (χ2v) is 7.84. The Hall–Kier alpha value is -3.54. The summed E-state index contributed by atoms with van der Waals surface area (Å²) in [6.45, 7) is 0.155. The van der Waals surface area contributed by atoms with Crippen LogP contribution in [0.4, 0.5) is 0 Å². The number of nitrogens with zero attached hydrogens (tertiary/aromatic N) is 4. The van der Waals surface area contributed by atoms with Crippen LogP contribution < -0.4 is 4.72 Å². The molecule has 4 rings (SSSR count). The third-order valence-electron chi connectivity index (χ3n) is 4.26. The highest BCUT2D eigenvalue weighted by Crippen LogP contribution is 2.22. The fraction of sp³-hybridized carbons (Fsp3) is 0.0500. The van der Waals surface area contributed by atoms with E-state index < -0.39 is 10.0 Å². The van der Waals surface area contributed by atoms with Crippen molar-refractivity contribution in [2.24, 2.45) is 0 Å². The summed E-state index contributed by atoms with van der Waals surface area (Å²) < 4.78 is 29.0. The summed E-state index contributed by atoms with van der Waals surface area (Å²) in [6, 6.07) is 19.6. The van der Waals surface area contributed by atoms with Crippen LogP contribution in [0.3, 0.4) is 0 Å². The predicted molar refractivity (Wildman–Crippen MR) is 104 cm³/mol. The number of rotatable bonds is 5. The highest BCUT2D eigenvalue weighted by atomic mass is 32.2. The van der Waals surface area contributed by atoms with Gasteiger partial charge in [0.15, 0.2) is 5.65 Å². The summed E-state index contributed by atoms with van der Waals surface area (Å²) in [4.78, 5) is 4.43. The minimum absolute atomic E-state index is 0.155. The van der Waals surface area contributed by atoms with Crippen molar-refractivity contribution in [3.63, 3.8) is 0 Å². The Morgan fingerprint density at radius 2 is 1.89 bits per heavy atom. The molecule has 0 aliphatic heterocycles. The molecular weight excluding hydrogens is 374 g/mol. The van der Waals surface area contributed by atoms with Crippen LogP contribution in [0.25, 0.3) is 16.9 Å². The molecule has 2 aromatic carbocycles. The number of aromatic nitrogens is 3. The quantitative estimate of drug-likeness (QED) is 0.566. The summed E-state index contributed by atoms with van der Waals surface area (Å²) in [5, 5.41) is 13.4. The molecule has 28 heavy (non-hydrogen) atoms. The van der Waals surface area contributed by atoms with Gasteiger partial charge in [0.25, 0.3) is 0 Å². The Morgan fingerprint density at radius 1 is 1.07 bits per heavy atom. The predicted octanol–water partition coefficient (Wildman–Crippen LogP) is 2.75. The number of benzene rings is 2. The normalized spacial score (nSPS) is 11.4. The van der Waals surface area contributed by atoms with Gasteiger partial charge in [-0.3, -0.25) is 0 Å². The van der Waals surface area contributed by atoms with Gasteiger partial charge < -0.3 is 0 Å². The van der Waals surface area contributed by atoms with Crippen LogP contribution >= 0.6 is 0 Å². The maximum absolute atomic E-state index is 12.4. The first-order valence-electron chi connectivity index (χ1n) is 8.45. The zero-order chi connectivity index (χ0) is 19.6. The SMILES string of the molecule is N#Cc1cnn2c(-c3cccc(CNS(=O)(=O)c4ccccc4)c3)ccnc12. The molecule has 4 aromatic rings. The van der Waals surface area contributed by atoms with Crippen LogP contribution in [-0.4, -0.2) is 23.0 Å². The summed E-state index contributed by atoms with van der Waals surface area (Å²) in [6.07, 6.45) is 3.10. The van der Waals surface area contributed by atoms with Gasteiger partial charge >= 0.3 is 0 Å². The van der Waals surface area contributed by atoms with Crippen LogP contribution in [0.15, 0.2) is 78.0 Å². The minimum atomic E-state index is -3.58. The Labute approximate surface area is 162 Å². The van der Waals surface area contributed by atoms with Crippen LogP contribution in [0.2, 0.25) is 0 Å². The van der Waals surface area contributed by atoms with E-state index in [1.807, 2.05) is 24.3 Å². The minimum Gasteiger partial charge on any atom is -0.236 e. The summed E-state index contributed by atoms with van der Waals surface area (Å²) >= 11 is 0. The molecule has 0 saturated heterocycles. The molecule has 0 fully saturated rings. The molecule has 0 amide bonds. The first-order chi connectivity index (χ1) is 13.6. The first-order valence-corrected chi connectivity index (χ1v) is 9.94. The molecule has 2 heterocycles. The van der Waals surface area contributed by atoms with Crippen molar-refractivity contribution in [3.05, 3.63) is 84.2 Å². The Morgan fingerprint density at radius 3 is 2.68 bits per heavy atom. The molecule has 0 bridgehead atoms. The fourth-order valence-electron chi connectivity index (χ4n) is 2.89. The lowest BCUT2D eigenvalue weighted by Crippen LogP contribution is -2.23. The van der Waals surface area contributed by atoms with Crippen LogP contribution in [0.1, 0.15) is 11.1 Å². The first kappa shape index (κ1) is 17.9. The molecule has 0 aliphatic rings. The third kappa shape index (κ3) is 3.36. The molecular formula is C20H15N5O2S. The number of nitrogens with one attached hydrogen (secondary N) is 1. The average molecular weight is 389 g/mol.